The van der Waals surface area contributed by atoms with Gasteiger partial charge < -0.3 is 0 Å². The van der Waals surface area contributed by atoms with Gasteiger partial charge in [0.15, 0.2) is 0 Å². The molecule has 0 rings (SSSR count). The topological polar surface area (TPSA) is 0 Å². The Kier molecular flexibility index (Phi) is 12.5. The van der Waals surface area contributed by atoms with Gasteiger partial charge in [-0.2, -0.15) is 26.3 Å². The summed E-state index contributed by atoms with van der Waals surface area (Å²) >= 11 is 0. The van der Waals surface area contributed by atoms with Crippen molar-refractivity contribution in [2.45, 2.75) is 52.9 Å². The average molecular weight is 226 g/mol. The van der Waals surface area contributed by atoms with Crippen LogP contribution in [-0.4, -0.2) is 12.4 Å². The standard InChI is InChI=1S/2C3H5F3.C2H6/c2*1-2-3(4,5)6;1-2/h2*2H2,1H3;1-2H3. The Morgan fingerprint density at radius 3 is 0.714 bits per heavy atom. The van der Waals surface area contributed by atoms with E-state index in [1.807, 2.05) is 13.8 Å². The van der Waals surface area contributed by atoms with Crippen molar-refractivity contribution in [3.63, 3.8) is 0 Å². The maximum Gasteiger partial charge on any atom is 0.388 e. The lowest BCUT2D eigenvalue weighted by Gasteiger charge is -1.96. The quantitative estimate of drug-likeness (QED) is 0.513. The summed E-state index contributed by atoms with van der Waals surface area (Å²) in [5, 5.41) is 0. The van der Waals surface area contributed by atoms with E-state index in [1.54, 1.807) is 0 Å². The molecule has 0 saturated heterocycles. The first-order valence-electron chi connectivity index (χ1n) is 4.26. The highest BCUT2D eigenvalue weighted by atomic mass is 19.4. The summed E-state index contributed by atoms with van der Waals surface area (Å²) in [4.78, 5) is 0. The molecule has 0 nitrogen and oxygen atoms in total. The van der Waals surface area contributed by atoms with Crippen LogP contribution in [0.2, 0.25) is 0 Å². The predicted molar refractivity (Wildman–Crippen MR) is 44.0 cm³/mol. The molecule has 0 aliphatic carbocycles. The number of alkyl halides is 6. The Bertz CT molecular complexity index is 87.4. The second-order valence-corrected chi connectivity index (χ2v) is 1.94. The van der Waals surface area contributed by atoms with Crippen LogP contribution in [0, 0.1) is 0 Å². The van der Waals surface area contributed by atoms with Crippen molar-refractivity contribution in [3.8, 4) is 0 Å². The lowest BCUT2D eigenvalue weighted by atomic mass is 10.5. The molecule has 0 fully saturated rings. The van der Waals surface area contributed by atoms with E-state index in [-0.39, 0.29) is 0 Å². The summed E-state index contributed by atoms with van der Waals surface area (Å²) in [6.07, 6.45) is -9.38. The molecular formula is C8H16F6. The van der Waals surface area contributed by atoms with Crippen molar-refractivity contribution >= 4 is 0 Å². The van der Waals surface area contributed by atoms with Crippen molar-refractivity contribution in [1.82, 2.24) is 0 Å². The van der Waals surface area contributed by atoms with Gasteiger partial charge in [0.25, 0.3) is 0 Å². The van der Waals surface area contributed by atoms with Gasteiger partial charge >= 0.3 is 12.4 Å². The first-order valence-corrected chi connectivity index (χ1v) is 4.26. The van der Waals surface area contributed by atoms with Crippen LogP contribution in [0.1, 0.15) is 40.5 Å². The third-order valence-electron chi connectivity index (χ3n) is 0.802. The lowest BCUT2D eigenvalue weighted by Crippen LogP contribution is -2.02. The zero-order valence-electron chi connectivity index (χ0n) is 8.68. The molecule has 0 radical (unpaired) electrons. The third-order valence-corrected chi connectivity index (χ3v) is 0.802. The van der Waals surface area contributed by atoms with Crippen molar-refractivity contribution in [3.05, 3.63) is 0 Å². The fraction of sp³-hybridized carbons (Fsp3) is 1.00. The molecule has 0 aromatic heterocycles. The maximum absolute atomic E-state index is 10.8. The Balaban J connectivity index is -0.000000147. The fourth-order valence-corrected chi connectivity index (χ4v) is 0. The highest BCUT2D eigenvalue weighted by molar-refractivity contribution is 4.39. The van der Waals surface area contributed by atoms with Gasteiger partial charge in [-0.05, 0) is 0 Å². The van der Waals surface area contributed by atoms with E-state index in [0.29, 0.717) is 0 Å². The molecule has 0 aromatic carbocycles. The minimum Gasteiger partial charge on any atom is -0.171 e. The monoisotopic (exact) mass is 226 g/mol. The van der Waals surface area contributed by atoms with Gasteiger partial charge in [0, 0.05) is 12.8 Å². The summed E-state index contributed by atoms with van der Waals surface area (Å²) in [6, 6.07) is 0. The molecule has 0 aliphatic rings. The van der Waals surface area contributed by atoms with Gasteiger partial charge in [-0.3, -0.25) is 0 Å². The minimum atomic E-state index is -3.96. The van der Waals surface area contributed by atoms with Crippen LogP contribution in [0.4, 0.5) is 26.3 Å². The summed E-state index contributed by atoms with van der Waals surface area (Å²) in [5.74, 6) is 0. The Morgan fingerprint density at radius 2 is 0.714 bits per heavy atom. The van der Waals surface area contributed by atoms with Crippen LogP contribution in [0.15, 0.2) is 0 Å². The van der Waals surface area contributed by atoms with Crippen LogP contribution in [-0.2, 0) is 0 Å². The number of halogens is 6. The minimum absolute atomic E-state index is 0.729. The lowest BCUT2D eigenvalue weighted by molar-refractivity contribution is -0.131. The fourth-order valence-electron chi connectivity index (χ4n) is 0. The van der Waals surface area contributed by atoms with Crippen molar-refractivity contribution in [2.24, 2.45) is 0 Å². The summed E-state index contributed by atoms with van der Waals surface area (Å²) in [6.45, 7) is 6.17. The van der Waals surface area contributed by atoms with Crippen molar-refractivity contribution < 1.29 is 26.3 Å². The van der Waals surface area contributed by atoms with Crippen LogP contribution < -0.4 is 0 Å². The average Bonchev–Trinajstić information content (AvgIpc) is 2.07. The van der Waals surface area contributed by atoms with Gasteiger partial charge in [-0.15, -0.1) is 0 Å². The second kappa shape index (κ2) is 9.15. The third kappa shape index (κ3) is 41.6. The van der Waals surface area contributed by atoms with E-state index in [9.17, 15) is 26.3 Å². The summed E-state index contributed by atoms with van der Waals surface area (Å²) < 4.78 is 64.7. The smallest absolute Gasteiger partial charge is 0.171 e. The summed E-state index contributed by atoms with van der Waals surface area (Å²) in [5.41, 5.74) is 0. The first kappa shape index (κ1) is 19.2. The Hall–Kier alpha value is -0.420. The van der Waals surface area contributed by atoms with Gasteiger partial charge in [0.05, 0.1) is 0 Å². The Morgan fingerprint density at radius 1 is 0.643 bits per heavy atom. The molecule has 0 amide bonds. The van der Waals surface area contributed by atoms with Gasteiger partial charge in [0.1, 0.15) is 0 Å². The van der Waals surface area contributed by atoms with E-state index >= 15 is 0 Å². The zero-order valence-corrected chi connectivity index (χ0v) is 8.68. The molecule has 0 spiro atoms. The molecule has 0 unspecified atom stereocenters. The highest BCUT2D eigenvalue weighted by Gasteiger charge is 2.23. The number of rotatable bonds is 0. The van der Waals surface area contributed by atoms with Crippen molar-refractivity contribution in [1.29, 1.82) is 0 Å². The number of hydrogen-bond donors (Lipinski definition) is 0. The highest BCUT2D eigenvalue weighted by Crippen LogP contribution is 2.17. The molecule has 0 N–H and O–H groups in total. The maximum atomic E-state index is 10.8. The molecule has 0 aromatic rings. The van der Waals surface area contributed by atoms with Crippen LogP contribution >= 0.6 is 0 Å². The largest absolute Gasteiger partial charge is 0.388 e. The predicted octanol–water partition coefficient (Wildman–Crippen LogP) is 4.94. The van der Waals surface area contributed by atoms with Crippen LogP contribution in [0.3, 0.4) is 0 Å². The SMILES string of the molecule is CC.CCC(F)(F)F.CCC(F)(F)F. The van der Waals surface area contributed by atoms with Gasteiger partial charge in [-0.1, -0.05) is 27.7 Å². The normalized spacial score (nSPS) is 10.7. The van der Waals surface area contributed by atoms with E-state index in [4.69, 9.17) is 0 Å². The Labute approximate surface area is 80.3 Å². The molecule has 0 aliphatic heterocycles. The van der Waals surface area contributed by atoms with Crippen molar-refractivity contribution in [2.75, 3.05) is 0 Å². The molecule has 6 heteroatoms. The molecule has 0 atom stereocenters. The first-order chi connectivity index (χ1) is 6.12. The second-order valence-electron chi connectivity index (χ2n) is 1.94. The van der Waals surface area contributed by atoms with Gasteiger partial charge in [-0.25, -0.2) is 0 Å². The van der Waals surface area contributed by atoms with Crippen LogP contribution in [0.25, 0.3) is 0 Å². The molecule has 0 bridgehead atoms. The molecular weight excluding hydrogens is 210 g/mol. The summed E-state index contributed by atoms with van der Waals surface area (Å²) in [7, 11) is 0. The molecule has 14 heavy (non-hydrogen) atoms. The van der Waals surface area contributed by atoms with Crippen LogP contribution in [0.5, 0.6) is 0 Å². The zero-order chi connectivity index (χ0) is 12.4. The van der Waals surface area contributed by atoms with E-state index in [2.05, 4.69) is 0 Å². The molecule has 90 valence electrons. The van der Waals surface area contributed by atoms with E-state index in [1.165, 1.54) is 0 Å². The molecule has 0 saturated carbocycles. The number of hydrogen-bond acceptors (Lipinski definition) is 0. The van der Waals surface area contributed by atoms with Gasteiger partial charge in [0.2, 0.25) is 0 Å². The van der Waals surface area contributed by atoms with E-state index < -0.39 is 25.2 Å². The van der Waals surface area contributed by atoms with E-state index in [0.717, 1.165) is 13.8 Å². The molecule has 0 heterocycles.